The molecule has 0 atom stereocenters. The lowest BCUT2D eigenvalue weighted by molar-refractivity contribution is -0.116. The van der Waals surface area contributed by atoms with Crippen LogP contribution in [-0.4, -0.2) is 66.6 Å². The van der Waals surface area contributed by atoms with Crippen molar-refractivity contribution in [3.8, 4) is 34.0 Å². The third-order valence-electron chi connectivity index (χ3n) is 5.94. The van der Waals surface area contributed by atoms with Crippen molar-refractivity contribution in [2.24, 2.45) is 0 Å². The molecule has 0 aliphatic rings. The highest BCUT2D eigenvalue weighted by Gasteiger charge is 2.16. The van der Waals surface area contributed by atoms with E-state index in [1.54, 1.807) is 31.0 Å². The highest BCUT2D eigenvalue weighted by atomic mass is 16.2. The number of hydrogen-bond acceptors (Lipinski definition) is 7. The van der Waals surface area contributed by atoms with Crippen molar-refractivity contribution >= 4 is 33.4 Å². The number of likely N-dealkylation sites (N-methyl/N-ethyl adjacent to an activating group) is 1. The van der Waals surface area contributed by atoms with Crippen molar-refractivity contribution in [3.63, 3.8) is 0 Å². The van der Waals surface area contributed by atoms with Gasteiger partial charge in [0.05, 0.1) is 52.9 Å². The predicted octanol–water partition coefficient (Wildman–Crippen LogP) is 4.13. The molecule has 10 heteroatoms. The maximum Gasteiger partial charge on any atom is 0.238 e. The van der Waals surface area contributed by atoms with Gasteiger partial charge in [0.2, 0.25) is 5.91 Å². The van der Waals surface area contributed by atoms with E-state index in [-0.39, 0.29) is 12.5 Å². The van der Waals surface area contributed by atoms with Crippen molar-refractivity contribution in [1.29, 1.82) is 0 Å². The monoisotopic (exact) mass is 489 g/mol. The summed E-state index contributed by atoms with van der Waals surface area (Å²) in [5, 5.41) is 12.4. The summed E-state index contributed by atoms with van der Waals surface area (Å²) in [4.78, 5) is 35.4. The molecule has 1 amide bonds. The van der Waals surface area contributed by atoms with Gasteiger partial charge in [0.15, 0.2) is 0 Å². The minimum atomic E-state index is -0.108. The standard InChI is InChI=1S/C27H23N9O/c1-36(2)15-25(37)32-17-9-16(12-28-13-17)22-10-19-24(14-31-22)34-35-27(19)23-11-18-20(33-23)6-8-30-26(18)21-5-3-4-7-29-21/h3-14,33H,15H2,1-2H3,(H,32,37)(H,34,35). The first kappa shape index (κ1) is 22.5. The molecule has 37 heavy (non-hydrogen) atoms. The normalized spacial score (nSPS) is 11.4. The van der Waals surface area contributed by atoms with Gasteiger partial charge in [0, 0.05) is 40.4 Å². The van der Waals surface area contributed by atoms with Crippen molar-refractivity contribution in [3.05, 3.63) is 73.4 Å². The van der Waals surface area contributed by atoms with Crippen LogP contribution >= 0.6 is 0 Å². The first-order valence-electron chi connectivity index (χ1n) is 11.7. The van der Waals surface area contributed by atoms with Crippen LogP contribution in [0.4, 0.5) is 5.69 Å². The number of H-pyrrole nitrogens is 2. The zero-order valence-corrected chi connectivity index (χ0v) is 20.2. The van der Waals surface area contributed by atoms with Crippen molar-refractivity contribution in [1.82, 2.24) is 40.0 Å². The lowest BCUT2D eigenvalue weighted by Crippen LogP contribution is -2.27. The molecule has 0 saturated carbocycles. The third kappa shape index (κ3) is 4.41. The fraction of sp³-hybridized carbons (Fsp3) is 0.111. The van der Waals surface area contributed by atoms with Crippen LogP contribution in [0.15, 0.2) is 73.4 Å². The van der Waals surface area contributed by atoms with E-state index in [4.69, 9.17) is 0 Å². The molecule has 0 aromatic carbocycles. The minimum absolute atomic E-state index is 0.108. The average Bonchev–Trinajstić information content (AvgIpc) is 3.52. The summed E-state index contributed by atoms with van der Waals surface area (Å²) in [6.45, 7) is 0.287. The molecule has 0 fully saturated rings. The van der Waals surface area contributed by atoms with Crippen LogP contribution in [0.2, 0.25) is 0 Å². The van der Waals surface area contributed by atoms with Gasteiger partial charge in [0.25, 0.3) is 0 Å². The molecule has 0 unspecified atom stereocenters. The number of nitrogens with zero attached hydrogens (tertiary/aromatic N) is 6. The van der Waals surface area contributed by atoms with Gasteiger partial charge in [-0.25, -0.2) is 0 Å². The Bertz CT molecular complexity index is 1740. The molecule has 10 nitrogen and oxygen atoms in total. The number of aromatic amines is 2. The largest absolute Gasteiger partial charge is 0.353 e. The molecule has 6 rings (SSSR count). The van der Waals surface area contributed by atoms with Gasteiger partial charge in [-0.05, 0) is 50.5 Å². The smallest absolute Gasteiger partial charge is 0.238 e. The van der Waals surface area contributed by atoms with Crippen LogP contribution in [0.1, 0.15) is 0 Å². The number of hydrogen-bond donors (Lipinski definition) is 3. The van der Waals surface area contributed by atoms with Gasteiger partial charge >= 0.3 is 0 Å². The molecular weight excluding hydrogens is 466 g/mol. The van der Waals surface area contributed by atoms with Crippen molar-refractivity contribution in [2.75, 3.05) is 26.0 Å². The summed E-state index contributed by atoms with van der Waals surface area (Å²) >= 11 is 0. The van der Waals surface area contributed by atoms with Crippen LogP contribution < -0.4 is 5.32 Å². The number of pyridine rings is 4. The number of fused-ring (bicyclic) bond motifs is 2. The van der Waals surface area contributed by atoms with Gasteiger partial charge in [-0.1, -0.05) is 6.07 Å². The molecule has 6 aromatic rings. The van der Waals surface area contributed by atoms with Crippen LogP contribution in [0, 0.1) is 0 Å². The number of carbonyl (C=O) groups excluding carboxylic acids is 1. The van der Waals surface area contributed by atoms with Gasteiger partial charge in [0.1, 0.15) is 5.69 Å². The Balaban J connectivity index is 1.38. The quantitative estimate of drug-likeness (QED) is 0.321. The highest BCUT2D eigenvalue weighted by Crippen LogP contribution is 2.33. The van der Waals surface area contributed by atoms with Crippen molar-refractivity contribution in [2.45, 2.75) is 0 Å². The molecule has 0 saturated heterocycles. The Labute approximate surface area is 211 Å². The summed E-state index contributed by atoms with van der Waals surface area (Å²) in [5.74, 6) is -0.108. The van der Waals surface area contributed by atoms with E-state index in [2.05, 4.69) is 40.4 Å². The van der Waals surface area contributed by atoms with Crippen molar-refractivity contribution < 1.29 is 4.79 Å². The summed E-state index contributed by atoms with van der Waals surface area (Å²) in [7, 11) is 3.69. The number of aromatic nitrogens is 7. The fourth-order valence-corrected chi connectivity index (χ4v) is 4.30. The Morgan fingerprint density at radius 3 is 2.62 bits per heavy atom. The second kappa shape index (κ2) is 9.25. The van der Waals surface area contributed by atoms with E-state index in [1.165, 1.54) is 0 Å². The topological polar surface area (TPSA) is 128 Å². The van der Waals surface area contributed by atoms with Gasteiger partial charge < -0.3 is 15.2 Å². The molecule has 6 aromatic heterocycles. The Morgan fingerprint density at radius 2 is 1.78 bits per heavy atom. The Kier molecular flexibility index (Phi) is 5.62. The number of rotatable bonds is 6. The number of amides is 1. The second-order valence-electron chi connectivity index (χ2n) is 8.95. The molecule has 0 aliphatic carbocycles. The van der Waals surface area contributed by atoms with E-state index < -0.39 is 0 Å². The first-order valence-corrected chi connectivity index (χ1v) is 11.7. The molecule has 0 spiro atoms. The lowest BCUT2D eigenvalue weighted by Gasteiger charge is -2.10. The fourth-order valence-electron chi connectivity index (χ4n) is 4.30. The molecule has 0 radical (unpaired) electrons. The highest BCUT2D eigenvalue weighted by molar-refractivity contribution is 6.00. The Hall–Kier alpha value is -4.96. The summed E-state index contributed by atoms with van der Waals surface area (Å²) < 4.78 is 0. The molecule has 0 aliphatic heterocycles. The number of nitrogens with one attached hydrogen (secondary N) is 3. The van der Waals surface area contributed by atoms with E-state index in [9.17, 15) is 4.79 Å². The minimum Gasteiger partial charge on any atom is -0.353 e. The van der Waals surface area contributed by atoms with Gasteiger partial charge in [-0.15, -0.1) is 0 Å². The summed E-state index contributed by atoms with van der Waals surface area (Å²) in [5.41, 5.74) is 7.11. The first-order chi connectivity index (χ1) is 18.0. The SMILES string of the molecule is CN(C)CC(=O)Nc1cncc(-c2cc3c(-c4cc5c(-c6ccccn6)nccc5[nH]4)n[nH]c3cn2)c1. The predicted molar refractivity (Wildman–Crippen MR) is 143 cm³/mol. The third-order valence-corrected chi connectivity index (χ3v) is 5.94. The summed E-state index contributed by atoms with van der Waals surface area (Å²) in [6, 6.07) is 13.6. The van der Waals surface area contributed by atoms with E-state index in [0.717, 1.165) is 55.8 Å². The van der Waals surface area contributed by atoms with Crippen LogP contribution in [0.5, 0.6) is 0 Å². The second-order valence-corrected chi connectivity index (χ2v) is 8.95. The van der Waals surface area contributed by atoms with E-state index in [1.807, 2.05) is 61.5 Å². The average molecular weight is 490 g/mol. The molecule has 0 bridgehead atoms. The van der Waals surface area contributed by atoms with Crippen LogP contribution in [0.25, 0.3) is 55.8 Å². The molecule has 6 heterocycles. The molecular formula is C27H23N9O. The Morgan fingerprint density at radius 1 is 0.892 bits per heavy atom. The number of carbonyl (C=O) groups is 1. The van der Waals surface area contributed by atoms with Crippen LogP contribution in [-0.2, 0) is 4.79 Å². The zero-order chi connectivity index (χ0) is 25.4. The maximum absolute atomic E-state index is 12.2. The summed E-state index contributed by atoms with van der Waals surface area (Å²) in [6.07, 6.45) is 8.63. The van der Waals surface area contributed by atoms with Gasteiger partial charge in [-0.2, -0.15) is 5.10 Å². The number of anilines is 1. The van der Waals surface area contributed by atoms with Gasteiger partial charge in [-0.3, -0.25) is 29.8 Å². The maximum atomic E-state index is 12.2. The van der Waals surface area contributed by atoms with Crippen LogP contribution in [0.3, 0.4) is 0 Å². The van der Waals surface area contributed by atoms with E-state index >= 15 is 0 Å². The molecule has 182 valence electrons. The molecule has 3 N–H and O–H groups in total. The van der Waals surface area contributed by atoms with E-state index in [0.29, 0.717) is 5.69 Å². The lowest BCUT2D eigenvalue weighted by atomic mass is 10.1. The zero-order valence-electron chi connectivity index (χ0n) is 20.2.